The Morgan fingerprint density at radius 1 is 1.47 bits per heavy atom. The van der Waals surface area contributed by atoms with Gasteiger partial charge in [-0.15, -0.1) is 10.2 Å². The SMILES string of the molecule is COCCNc1nnc(SCC(=O)NCC(C)C)s1. The van der Waals surface area contributed by atoms with E-state index in [1.807, 2.05) is 0 Å². The van der Waals surface area contributed by atoms with Gasteiger partial charge in [0.25, 0.3) is 0 Å². The summed E-state index contributed by atoms with van der Waals surface area (Å²) >= 11 is 2.85. The van der Waals surface area contributed by atoms with Crippen LogP contribution in [-0.2, 0) is 9.53 Å². The average Bonchev–Trinajstić information content (AvgIpc) is 2.82. The summed E-state index contributed by atoms with van der Waals surface area (Å²) in [6.07, 6.45) is 0. The quantitative estimate of drug-likeness (QED) is 0.531. The van der Waals surface area contributed by atoms with E-state index in [1.165, 1.54) is 23.1 Å². The number of hydrogen-bond acceptors (Lipinski definition) is 7. The standard InChI is InChI=1S/C11H20N4O2S2/c1-8(2)6-13-9(16)7-18-11-15-14-10(19-11)12-4-5-17-3/h8H,4-7H2,1-3H3,(H,12,14)(H,13,16). The van der Waals surface area contributed by atoms with Crippen LogP contribution in [0.15, 0.2) is 4.34 Å². The van der Waals surface area contributed by atoms with E-state index in [1.54, 1.807) is 7.11 Å². The molecule has 0 aromatic carbocycles. The van der Waals surface area contributed by atoms with Gasteiger partial charge in [0, 0.05) is 20.2 Å². The van der Waals surface area contributed by atoms with Gasteiger partial charge < -0.3 is 15.4 Å². The first-order valence-corrected chi connectivity index (χ1v) is 7.88. The van der Waals surface area contributed by atoms with E-state index >= 15 is 0 Å². The van der Waals surface area contributed by atoms with Crippen molar-refractivity contribution in [1.29, 1.82) is 0 Å². The lowest BCUT2D eigenvalue weighted by Crippen LogP contribution is -2.28. The maximum Gasteiger partial charge on any atom is 0.230 e. The van der Waals surface area contributed by atoms with Crippen molar-refractivity contribution in [2.45, 2.75) is 18.2 Å². The summed E-state index contributed by atoms with van der Waals surface area (Å²) in [4.78, 5) is 11.5. The molecule has 1 aromatic rings. The van der Waals surface area contributed by atoms with Crippen LogP contribution in [-0.4, -0.2) is 48.7 Å². The zero-order chi connectivity index (χ0) is 14.1. The summed E-state index contributed by atoms with van der Waals surface area (Å²) in [7, 11) is 1.65. The van der Waals surface area contributed by atoms with Gasteiger partial charge in [-0.05, 0) is 5.92 Å². The molecular weight excluding hydrogens is 284 g/mol. The number of thioether (sulfide) groups is 1. The van der Waals surface area contributed by atoms with Crippen LogP contribution in [0.3, 0.4) is 0 Å². The lowest BCUT2D eigenvalue weighted by Gasteiger charge is -2.06. The third-order valence-corrected chi connectivity index (χ3v) is 4.04. The van der Waals surface area contributed by atoms with Crippen LogP contribution < -0.4 is 10.6 Å². The van der Waals surface area contributed by atoms with Crippen LogP contribution in [0.2, 0.25) is 0 Å². The average molecular weight is 304 g/mol. The minimum absolute atomic E-state index is 0.0304. The first kappa shape index (κ1) is 16.2. The van der Waals surface area contributed by atoms with Gasteiger partial charge in [-0.3, -0.25) is 4.79 Å². The number of nitrogens with zero attached hydrogens (tertiary/aromatic N) is 2. The summed E-state index contributed by atoms with van der Waals surface area (Å²) in [5.74, 6) is 0.870. The van der Waals surface area contributed by atoms with Crippen molar-refractivity contribution < 1.29 is 9.53 Å². The van der Waals surface area contributed by atoms with Crippen molar-refractivity contribution in [3.63, 3.8) is 0 Å². The van der Waals surface area contributed by atoms with Gasteiger partial charge in [0.1, 0.15) is 0 Å². The molecule has 0 saturated heterocycles. The Morgan fingerprint density at radius 3 is 2.95 bits per heavy atom. The molecule has 0 aliphatic carbocycles. The van der Waals surface area contributed by atoms with E-state index in [4.69, 9.17) is 4.74 Å². The summed E-state index contributed by atoms with van der Waals surface area (Å²) in [5, 5.41) is 14.7. The maximum atomic E-state index is 11.5. The molecule has 0 spiro atoms. The number of carbonyl (C=O) groups excluding carboxylic acids is 1. The maximum absolute atomic E-state index is 11.5. The summed E-state index contributed by atoms with van der Waals surface area (Å²) in [6, 6.07) is 0. The van der Waals surface area contributed by atoms with Gasteiger partial charge in [-0.2, -0.15) is 0 Å². The number of nitrogens with one attached hydrogen (secondary N) is 2. The minimum Gasteiger partial charge on any atom is -0.383 e. The zero-order valence-electron chi connectivity index (χ0n) is 11.4. The monoisotopic (exact) mass is 304 g/mol. The Balaban J connectivity index is 2.24. The molecule has 0 saturated carbocycles. The van der Waals surface area contributed by atoms with Gasteiger partial charge in [0.05, 0.1) is 12.4 Å². The Kier molecular flexibility index (Phi) is 7.76. The highest BCUT2D eigenvalue weighted by Crippen LogP contribution is 2.24. The topological polar surface area (TPSA) is 76.1 Å². The first-order chi connectivity index (χ1) is 9.11. The zero-order valence-corrected chi connectivity index (χ0v) is 13.1. The van der Waals surface area contributed by atoms with E-state index in [-0.39, 0.29) is 5.91 Å². The van der Waals surface area contributed by atoms with Gasteiger partial charge in [0.2, 0.25) is 11.0 Å². The number of ether oxygens (including phenoxy) is 1. The molecule has 0 fully saturated rings. The van der Waals surface area contributed by atoms with Crippen LogP contribution in [0.1, 0.15) is 13.8 Å². The Morgan fingerprint density at radius 2 is 2.26 bits per heavy atom. The van der Waals surface area contributed by atoms with Crippen LogP contribution in [0.4, 0.5) is 5.13 Å². The van der Waals surface area contributed by atoms with Crippen molar-refractivity contribution in [2.75, 3.05) is 37.9 Å². The summed E-state index contributed by atoms with van der Waals surface area (Å²) in [5.41, 5.74) is 0. The van der Waals surface area contributed by atoms with Gasteiger partial charge >= 0.3 is 0 Å². The number of carbonyl (C=O) groups is 1. The van der Waals surface area contributed by atoms with E-state index in [2.05, 4.69) is 34.7 Å². The molecule has 6 nitrogen and oxygen atoms in total. The molecule has 1 aromatic heterocycles. The molecule has 8 heteroatoms. The first-order valence-electron chi connectivity index (χ1n) is 6.07. The predicted octanol–water partition coefficient (Wildman–Crippen LogP) is 1.46. The lowest BCUT2D eigenvalue weighted by molar-refractivity contribution is -0.118. The highest BCUT2D eigenvalue weighted by atomic mass is 32.2. The molecule has 1 rings (SSSR count). The van der Waals surface area contributed by atoms with E-state index in [9.17, 15) is 4.79 Å². The molecule has 0 bridgehead atoms. The fourth-order valence-electron chi connectivity index (χ4n) is 1.10. The van der Waals surface area contributed by atoms with E-state index in [0.717, 1.165) is 9.47 Å². The van der Waals surface area contributed by atoms with Gasteiger partial charge in [0.15, 0.2) is 4.34 Å². The second-order valence-electron chi connectivity index (χ2n) is 4.28. The number of anilines is 1. The number of hydrogen-bond donors (Lipinski definition) is 2. The Labute approximate surface area is 121 Å². The molecule has 0 atom stereocenters. The summed E-state index contributed by atoms with van der Waals surface area (Å²) in [6.45, 7) is 6.16. The number of amides is 1. The van der Waals surface area contributed by atoms with Crippen molar-refractivity contribution >= 4 is 34.1 Å². The van der Waals surface area contributed by atoms with Crippen molar-refractivity contribution in [1.82, 2.24) is 15.5 Å². The Bertz CT molecular complexity index is 385. The molecule has 0 radical (unpaired) electrons. The third kappa shape index (κ3) is 7.34. The smallest absolute Gasteiger partial charge is 0.230 e. The van der Waals surface area contributed by atoms with Crippen molar-refractivity contribution in [3.8, 4) is 0 Å². The number of methoxy groups -OCH3 is 1. The Hall–Kier alpha value is -0.860. The number of aromatic nitrogens is 2. The normalized spacial score (nSPS) is 10.7. The second kappa shape index (κ2) is 9.11. The lowest BCUT2D eigenvalue weighted by atomic mass is 10.2. The van der Waals surface area contributed by atoms with Crippen LogP contribution >= 0.6 is 23.1 Å². The van der Waals surface area contributed by atoms with Crippen LogP contribution in [0.5, 0.6) is 0 Å². The predicted molar refractivity (Wildman–Crippen MR) is 78.8 cm³/mol. The van der Waals surface area contributed by atoms with Crippen molar-refractivity contribution in [3.05, 3.63) is 0 Å². The largest absolute Gasteiger partial charge is 0.383 e. The van der Waals surface area contributed by atoms with Crippen LogP contribution in [0.25, 0.3) is 0 Å². The summed E-state index contributed by atoms with van der Waals surface area (Å²) < 4.78 is 5.72. The molecule has 108 valence electrons. The second-order valence-corrected chi connectivity index (χ2v) is 6.48. The van der Waals surface area contributed by atoms with Gasteiger partial charge in [-0.1, -0.05) is 36.9 Å². The fourth-order valence-corrected chi connectivity index (χ4v) is 2.70. The molecule has 1 heterocycles. The third-order valence-electron chi connectivity index (χ3n) is 2.02. The molecule has 2 N–H and O–H groups in total. The van der Waals surface area contributed by atoms with E-state index in [0.29, 0.717) is 31.4 Å². The highest BCUT2D eigenvalue weighted by molar-refractivity contribution is 8.01. The van der Waals surface area contributed by atoms with Crippen LogP contribution in [0, 0.1) is 5.92 Å². The molecule has 0 aliphatic rings. The van der Waals surface area contributed by atoms with Crippen molar-refractivity contribution in [2.24, 2.45) is 5.92 Å². The molecule has 0 unspecified atom stereocenters. The van der Waals surface area contributed by atoms with E-state index < -0.39 is 0 Å². The fraction of sp³-hybridized carbons (Fsp3) is 0.727. The number of rotatable bonds is 9. The highest BCUT2D eigenvalue weighted by Gasteiger charge is 2.08. The molecule has 0 aliphatic heterocycles. The molecular formula is C11H20N4O2S2. The minimum atomic E-state index is 0.0304. The molecule has 1 amide bonds. The van der Waals surface area contributed by atoms with Gasteiger partial charge in [-0.25, -0.2) is 0 Å². The molecule has 19 heavy (non-hydrogen) atoms.